The molecule has 0 spiro atoms. The molecule has 46 heavy (non-hydrogen) atoms. The smallest absolute Gasteiger partial charge is 0.340 e. The maximum atomic E-state index is 13.7. The lowest BCUT2D eigenvalue weighted by molar-refractivity contribution is -0.133. The van der Waals surface area contributed by atoms with Crippen LogP contribution in [0.3, 0.4) is 0 Å². The van der Waals surface area contributed by atoms with E-state index in [0.29, 0.717) is 41.9 Å². The van der Waals surface area contributed by atoms with Crippen molar-refractivity contribution in [1.82, 2.24) is 25.9 Å². The zero-order chi connectivity index (χ0) is 33.5. The Balaban J connectivity index is 1.51. The van der Waals surface area contributed by atoms with E-state index >= 15 is 0 Å². The summed E-state index contributed by atoms with van der Waals surface area (Å²) in [5.41, 5.74) is 3.14. The first-order valence-corrected chi connectivity index (χ1v) is 15.6. The van der Waals surface area contributed by atoms with E-state index in [-0.39, 0.29) is 29.5 Å². The van der Waals surface area contributed by atoms with Crippen molar-refractivity contribution in [3.8, 4) is 5.75 Å². The average Bonchev–Trinajstić information content (AvgIpc) is 3.44. The summed E-state index contributed by atoms with van der Waals surface area (Å²) in [4.78, 5) is 73.5. The number of esters is 1. The van der Waals surface area contributed by atoms with Crippen molar-refractivity contribution in [2.75, 3.05) is 20.3 Å². The number of H-pyrrole nitrogens is 1. The van der Waals surface area contributed by atoms with E-state index in [1.54, 1.807) is 45.2 Å². The fraction of sp³-hybridized carbons (Fsp3) is 0.471. The first-order chi connectivity index (χ1) is 21.9. The normalized spacial score (nSPS) is 16.0. The van der Waals surface area contributed by atoms with Crippen LogP contribution >= 0.6 is 0 Å². The average molecular weight is 634 g/mol. The molecular weight excluding hydrogens is 590 g/mol. The molecule has 12 nitrogen and oxygen atoms in total. The highest BCUT2D eigenvalue weighted by atomic mass is 16.5. The minimum Gasteiger partial charge on any atom is -0.496 e. The Hall–Kier alpha value is -4.74. The predicted molar refractivity (Wildman–Crippen MR) is 172 cm³/mol. The molecule has 3 heterocycles. The van der Waals surface area contributed by atoms with Gasteiger partial charge in [0.2, 0.25) is 11.8 Å². The topological polar surface area (TPSA) is 169 Å². The summed E-state index contributed by atoms with van der Waals surface area (Å²) in [6.07, 6.45) is 1.61. The van der Waals surface area contributed by atoms with Crippen molar-refractivity contribution in [3.05, 3.63) is 58.5 Å². The van der Waals surface area contributed by atoms with Gasteiger partial charge >= 0.3 is 5.97 Å². The van der Waals surface area contributed by atoms with E-state index in [9.17, 15) is 24.0 Å². The molecule has 4 N–H and O–H groups in total. The SMILES string of the molecule is COc1cccc2[nH]c(C(=O)NC(CC(C)C)C(=O)NC(CC3CCCNC3=O)C(=O)COC(=O)c3c(C)cc(C)nc3C)cc12. The fourth-order valence-electron chi connectivity index (χ4n) is 5.90. The summed E-state index contributed by atoms with van der Waals surface area (Å²) >= 11 is 0. The highest BCUT2D eigenvalue weighted by Gasteiger charge is 2.33. The number of hydrogen-bond acceptors (Lipinski definition) is 8. The number of aromatic nitrogens is 2. The number of Topliss-reactive ketones (excluding diaryl/α,β-unsaturated/α-hetero) is 1. The fourth-order valence-corrected chi connectivity index (χ4v) is 5.90. The van der Waals surface area contributed by atoms with Gasteiger partial charge in [-0.25, -0.2) is 4.79 Å². The van der Waals surface area contributed by atoms with Crippen molar-refractivity contribution in [1.29, 1.82) is 0 Å². The van der Waals surface area contributed by atoms with Crippen molar-refractivity contribution in [2.24, 2.45) is 11.8 Å². The molecular formula is C34H43N5O7. The number of pyridine rings is 1. The second-order valence-corrected chi connectivity index (χ2v) is 12.3. The monoisotopic (exact) mass is 633 g/mol. The molecule has 1 saturated heterocycles. The molecule has 1 fully saturated rings. The molecule has 3 atom stereocenters. The van der Waals surface area contributed by atoms with Crippen molar-refractivity contribution >= 4 is 40.4 Å². The summed E-state index contributed by atoms with van der Waals surface area (Å²) in [6.45, 7) is 9.04. The highest BCUT2D eigenvalue weighted by Crippen LogP contribution is 2.26. The Kier molecular flexibility index (Phi) is 11.2. The number of nitrogens with zero attached hydrogens (tertiary/aromatic N) is 1. The second kappa shape index (κ2) is 15.0. The number of benzene rings is 1. The van der Waals surface area contributed by atoms with Gasteiger partial charge in [-0.05, 0) is 82.2 Å². The first-order valence-electron chi connectivity index (χ1n) is 15.6. The first kappa shape index (κ1) is 34.1. The highest BCUT2D eigenvalue weighted by molar-refractivity contribution is 6.02. The van der Waals surface area contributed by atoms with Gasteiger partial charge in [0, 0.05) is 29.1 Å². The lowest BCUT2D eigenvalue weighted by Crippen LogP contribution is -2.54. The zero-order valence-electron chi connectivity index (χ0n) is 27.2. The summed E-state index contributed by atoms with van der Waals surface area (Å²) < 4.78 is 10.8. The Morgan fingerprint density at radius 2 is 1.83 bits per heavy atom. The number of ketones is 1. The number of carbonyl (C=O) groups is 5. The molecule has 0 aliphatic carbocycles. The van der Waals surface area contributed by atoms with Crippen molar-refractivity contribution in [3.63, 3.8) is 0 Å². The molecule has 1 aliphatic heterocycles. The van der Waals surface area contributed by atoms with Gasteiger partial charge in [0.15, 0.2) is 12.4 Å². The van der Waals surface area contributed by atoms with Gasteiger partial charge in [0.05, 0.1) is 24.4 Å². The number of methoxy groups -OCH3 is 1. The molecule has 1 aromatic carbocycles. The summed E-state index contributed by atoms with van der Waals surface area (Å²) in [6, 6.07) is 6.70. The quantitative estimate of drug-likeness (QED) is 0.208. The van der Waals surface area contributed by atoms with Gasteiger partial charge in [-0.3, -0.25) is 24.2 Å². The maximum Gasteiger partial charge on any atom is 0.340 e. The number of amides is 3. The molecule has 12 heteroatoms. The van der Waals surface area contributed by atoms with Crippen LogP contribution in [0.2, 0.25) is 0 Å². The minimum absolute atomic E-state index is 0.0210. The van der Waals surface area contributed by atoms with Crippen LogP contribution in [0.4, 0.5) is 0 Å². The largest absolute Gasteiger partial charge is 0.496 e. The Labute approximate surface area is 268 Å². The number of aromatic amines is 1. The van der Waals surface area contributed by atoms with Crippen molar-refractivity contribution in [2.45, 2.75) is 72.4 Å². The van der Waals surface area contributed by atoms with E-state index in [4.69, 9.17) is 9.47 Å². The number of piperidine rings is 1. The standard InChI is InChI=1S/C34H43N5O7/c1-18(2)13-26(39-33(43)27-16-23-24(37-27)10-7-11-29(23)45-6)32(42)38-25(15-22-9-8-12-35-31(22)41)28(40)17-46-34(44)30-19(3)14-20(4)36-21(30)5/h7,10-11,14,16,18,22,25-26,37H,8-9,12-13,15,17H2,1-6H3,(H,35,41)(H,38,42)(H,39,43). The number of hydrogen-bond donors (Lipinski definition) is 4. The minimum atomic E-state index is -1.13. The molecule has 3 aromatic rings. The predicted octanol–water partition coefficient (Wildman–Crippen LogP) is 3.47. The van der Waals surface area contributed by atoms with Gasteiger partial charge in [0.1, 0.15) is 17.5 Å². The number of ether oxygens (including phenoxy) is 2. The van der Waals surface area contributed by atoms with Crippen LogP contribution in [0.25, 0.3) is 10.9 Å². The summed E-state index contributed by atoms with van der Waals surface area (Å²) in [5.74, 6) is -2.43. The molecule has 0 saturated carbocycles. The molecule has 4 rings (SSSR count). The van der Waals surface area contributed by atoms with Gasteiger partial charge in [-0.1, -0.05) is 19.9 Å². The number of aryl methyl sites for hydroxylation is 3. The van der Waals surface area contributed by atoms with Crippen LogP contribution in [0.5, 0.6) is 5.75 Å². The lowest BCUT2D eigenvalue weighted by atomic mass is 9.90. The molecule has 0 bridgehead atoms. The third kappa shape index (κ3) is 8.29. The molecule has 0 radical (unpaired) electrons. The third-order valence-corrected chi connectivity index (χ3v) is 8.12. The number of nitrogens with one attached hydrogen (secondary N) is 4. The van der Waals surface area contributed by atoms with E-state index < -0.39 is 48.2 Å². The zero-order valence-corrected chi connectivity index (χ0v) is 27.2. The summed E-state index contributed by atoms with van der Waals surface area (Å²) in [5, 5.41) is 9.10. The van der Waals surface area contributed by atoms with Crippen LogP contribution in [0.1, 0.15) is 77.3 Å². The molecule has 1 aliphatic rings. The lowest BCUT2D eigenvalue weighted by Gasteiger charge is -2.28. The van der Waals surface area contributed by atoms with Crippen LogP contribution in [-0.2, 0) is 19.1 Å². The van der Waals surface area contributed by atoms with Crippen LogP contribution in [-0.4, -0.2) is 71.8 Å². The van der Waals surface area contributed by atoms with E-state index in [1.165, 1.54) is 0 Å². The van der Waals surface area contributed by atoms with Gasteiger partial charge in [-0.2, -0.15) is 0 Å². The number of fused-ring (bicyclic) bond motifs is 1. The Morgan fingerprint density at radius 1 is 1.07 bits per heavy atom. The van der Waals surface area contributed by atoms with Crippen LogP contribution < -0.4 is 20.7 Å². The van der Waals surface area contributed by atoms with Crippen molar-refractivity contribution < 1.29 is 33.4 Å². The third-order valence-electron chi connectivity index (χ3n) is 8.12. The van der Waals surface area contributed by atoms with Crippen LogP contribution in [0.15, 0.2) is 30.3 Å². The van der Waals surface area contributed by atoms with E-state index in [1.807, 2.05) is 26.8 Å². The molecule has 3 amide bonds. The Morgan fingerprint density at radius 3 is 2.50 bits per heavy atom. The van der Waals surface area contributed by atoms with Gasteiger partial charge in [-0.15, -0.1) is 0 Å². The maximum absolute atomic E-state index is 13.7. The van der Waals surface area contributed by atoms with Gasteiger partial charge < -0.3 is 30.4 Å². The van der Waals surface area contributed by atoms with Crippen LogP contribution in [0, 0.1) is 32.6 Å². The summed E-state index contributed by atoms with van der Waals surface area (Å²) in [7, 11) is 1.54. The number of rotatable bonds is 13. The Bertz CT molecular complexity index is 1610. The van der Waals surface area contributed by atoms with E-state index in [2.05, 4.69) is 25.9 Å². The molecule has 2 aromatic heterocycles. The van der Waals surface area contributed by atoms with Gasteiger partial charge in [0.25, 0.3) is 5.91 Å². The molecule has 246 valence electrons. The molecule has 3 unspecified atom stereocenters. The van der Waals surface area contributed by atoms with E-state index in [0.717, 1.165) is 17.5 Å². The number of carbonyl (C=O) groups excluding carboxylic acids is 5. The second-order valence-electron chi connectivity index (χ2n) is 12.3.